The smallest absolute Gasteiger partial charge is 0.259 e. The Labute approximate surface area is 180 Å². The summed E-state index contributed by atoms with van der Waals surface area (Å²) in [5.41, 5.74) is -0.524. The van der Waals surface area contributed by atoms with Crippen LogP contribution in [0.3, 0.4) is 0 Å². The van der Waals surface area contributed by atoms with Gasteiger partial charge >= 0.3 is 0 Å². The second kappa shape index (κ2) is 10.6. The SMILES string of the molecule is COCCNC(=O)CSc1nnc(N2CCN(C(=O)c3c(F)cccc3F)CC2)s1. The number of piperazine rings is 1. The van der Waals surface area contributed by atoms with Crippen LogP contribution in [0, 0.1) is 11.6 Å². The molecule has 1 aromatic heterocycles. The first-order valence-corrected chi connectivity index (χ1v) is 11.0. The van der Waals surface area contributed by atoms with Crippen LogP contribution in [-0.2, 0) is 9.53 Å². The summed E-state index contributed by atoms with van der Waals surface area (Å²) in [5.74, 6) is -2.26. The normalized spacial score (nSPS) is 14.1. The molecule has 1 aliphatic heterocycles. The molecule has 2 amide bonds. The van der Waals surface area contributed by atoms with E-state index in [2.05, 4.69) is 15.5 Å². The fourth-order valence-corrected chi connectivity index (χ4v) is 4.54. The van der Waals surface area contributed by atoms with Gasteiger partial charge in [0.15, 0.2) is 4.34 Å². The van der Waals surface area contributed by atoms with Gasteiger partial charge in [0.2, 0.25) is 11.0 Å². The highest BCUT2D eigenvalue weighted by Gasteiger charge is 2.27. The highest BCUT2D eigenvalue weighted by molar-refractivity contribution is 8.01. The van der Waals surface area contributed by atoms with Crippen LogP contribution in [0.4, 0.5) is 13.9 Å². The molecule has 0 spiro atoms. The maximum atomic E-state index is 13.9. The molecule has 1 aliphatic rings. The Balaban J connectivity index is 1.50. The van der Waals surface area contributed by atoms with Gasteiger partial charge in [-0.05, 0) is 12.1 Å². The van der Waals surface area contributed by atoms with Gasteiger partial charge in [-0.25, -0.2) is 8.78 Å². The molecule has 1 N–H and O–H groups in total. The van der Waals surface area contributed by atoms with Gasteiger partial charge in [0.25, 0.3) is 5.91 Å². The van der Waals surface area contributed by atoms with Gasteiger partial charge in [-0.15, -0.1) is 10.2 Å². The molecule has 2 heterocycles. The average molecular weight is 458 g/mol. The van der Waals surface area contributed by atoms with Crippen LogP contribution < -0.4 is 10.2 Å². The number of carbonyl (C=O) groups excluding carboxylic acids is 2. The number of methoxy groups -OCH3 is 1. The van der Waals surface area contributed by atoms with E-state index in [1.165, 1.54) is 34.1 Å². The highest BCUT2D eigenvalue weighted by atomic mass is 32.2. The average Bonchev–Trinajstić information content (AvgIpc) is 3.21. The standard InChI is InChI=1S/C18H21F2N5O3S2/c1-28-10-5-21-14(26)11-29-18-23-22-17(30-18)25-8-6-24(7-9-25)16(27)15-12(19)3-2-4-13(15)20/h2-4H,5-11H2,1H3,(H,21,26). The van der Waals surface area contributed by atoms with E-state index < -0.39 is 23.1 Å². The largest absolute Gasteiger partial charge is 0.383 e. The van der Waals surface area contributed by atoms with Gasteiger partial charge in [0, 0.05) is 39.8 Å². The highest BCUT2D eigenvalue weighted by Crippen LogP contribution is 2.28. The molecule has 0 unspecified atom stereocenters. The van der Waals surface area contributed by atoms with E-state index >= 15 is 0 Å². The molecule has 8 nitrogen and oxygen atoms in total. The lowest BCUT2D eigenvalue weighted by atomic mass is 10.1. The van der Waals surface area contributed by atoms with E-state index in [1.807, 2.05) is 4.90 Å². The van der Waals surface area contributed by atoms with E-state index in [0.29, 0.717) is 48.8 Å². The fraction of sp³-hybridized carbons (Fsp3) is 0.444. The zero-order valence-corrected chi connectivity index (χ0v) is 17.9. The van der Waals surface area contributed by atoms with Crippen molar-refractivity contribution in [3.8, 4) is 0 Å². The maximum Gasteiger partial charge on any atom is 0.259 e. The Morgan fingerprint density at radius 2 is 1.90 bits per heavy atom. The van der Waals surface area contributed by atoms with E-state index in [-0.39, 0.29) is 11.7 Å². The number of nitrogens with zero attached hydrogens (tertiary/aromatic N) is 4. The second-order valence-corrected chi connectivity index (χ2v) is 8.54. The number of aromatic nitrogens is 2. The van der Waals surface area contributed by atoms with Gasteiger partial charge < -0.3 is 19.9 Å². The van der Waals surface area contributed by atoms with Gasteiger partial charge in [-0.2, -0.15) is 0 Å². The van der Waals surface area contributed by atoms with Crippen LogP contribution in [0.1, 0.15) is 10.4 Å². The summed E-state index contributed by atoms with van der Waals surface area (Å²) < 4.78 is 33.3. The summed E-state index contributed by atoms with van der Waals surface area (Å²) in [6.45, 7) is 2.48. The van der Waals surface area contributed by atoms with Crippen molar-refractivity contribution < 1.29 is 23.1 Å². The summed E-state index contributed by atoms with van der Waals surface area (Å²) in [4.78, 5) is 27.6. The molecule has 0 atom stereocenters. The molecule has 30 heavy (non-hydrogen) atoms. The number of hydrogen-bond acceptors (Lipinski definition) is 8. The van der Waals surface area contributed by atoms with Gasteiger partial charge in [-0.3, -0.25) is 9.59 Å². The van der Waals surface area contributed by atoms with E-state index in [0.717, 1.165) is 12.1 Å². The number of nitrogens with one attached hydrogen (secondary N) is 1. The predicted octanol–water partition coefficient (Wildman–Crippen LogP) is 1.63. The molecule has 0 saturated carbocycles. The molecule has 1 saturated heterocycles. The van der Waals surface area contributed by atoms with Crippen molar-refractivity contribution in [2.75, 3.05) is 57.1 Å². The first-order chi connectivity index (χ1) is 14.5. The third kappa shape index (κ3) is 5.64. The first-order valence-electron chi connectivity index (χ1n) is 9.19. The van der Waals surface area contributed by atoms with E-state index in [9.17, 15) is 18.4 Å². The van der Waals surface area contributed by atoms with Gasteiger partial charge in [-0.1, -0.05) is 29.2 Å². The van der Waals surface area contributed by atoms with Crippen LogP contribution in [0.25, 0.3) is 0 Å². The molecule has 3 rings (SSSR count). The Kier molecular flexibility index (Phi) is 7.94. The lowest BCUT2D eigenvalue weighted by Crippen LogP contribution is -2.49. The second-order valence-electron chi connectivity index (χ2n) is 6.36. The lowest BCUT2D eigenvalue weighted by Gasteiger charge is -2.34. The summed E-state index contributed by atoms with van der Waals surface area (Å²) >= 11 is 2.65. The Morgan fingerprint density at radius 3 is 2.57 bits per heavy atom. The number of thioether (sulfide) groups is 1. The number of benzene rings is 1. The summed E-state index contributed by atoms with van der Waals surface area (Å²) in [6.07, 6.45) is 0. The lowest BCUT2D eigenvalue weighted by molar-refractivity contribution is -0.118. The predicted molar refractivity (Wildman–Crippen MR) is 110 cm³/mol. The van der Waals surface area contributed by atoms with Crippen molar-refractivity contribution in [1.82, 2.24) is 20.4 Å². The van der Waals surface area contributed by atoms with Crippen molar-refractivity contribution in [2.45, 2.75) is 4.34 Å². The molecule has 12 heteroatoms. The van der Waals surface area contributed by atoms with Crippen LogP contribution in [-0.4, -0.2) is 79.1 Å². The minimum Gasteiger partial charge on any atom is -0.383 e. The number of rotatable bonds is 8. The number of halogens is 2. The van der Waals surface area contributed by atoms with Crippen LogP contribution in [0.2, 0.25) is 0 Å². The maximum absolute atomic E-state index is 13.9. The molecular formula is C18H21F2N5O3S2. The Morgan fingerprint density at radius 1 is 1.20 bits per heavy atom. The molecule has 1 aromatic carbocycles. The zero-order chi connectivity index (χ0) is 21.5. The number of carbonyl (C=O) groups is 2. The minimum atomic E-state index is -0.862. The molecule has 0 bridgehead atoms. The number of amides is 2. The molecular weight excluding hydrogens is 436 g/mol. The number of anilines is 1. The molecule has 1 fully saturated rings. The molecule has 0 radical (unpaired) electrons. The van der Waals surface area contributed by atoms with Crippen molar-refractivity contribution in [3.63, 3.8) is 0 Å². The van der Waals surface area contributed by atoms with Crippen LogP contribution in [0.15, 0.2) is 22.5 Å². The summed E-state index contributed by atoms with van der Waals surface area (Å²) in [5, 5.41) is 11.7. The van der Waals surface area contributed by atoms with Crippen LogP contribution in [0.5, 0.6) is 0 Å². The third-order valence-electron chi connectivity index (χ3n) is 4.36. The van der Waals surface area contributed by atoms with E-state index in [4.69, 9.17) is 4.74 Å². The Bertz CT molecular complexity index is 870. The summed E-state index contributed by atoms with van der Waals surface area (Å²) in [7, 11) is 1.57. The van der Waals surface area contributed by atoms with E-state index in [1.54, 1.807) is 7.11 Å². The molecule has 2 aromatic rings. The van der Waals surface area contributed by atoms with Crippen molar-refractivity contribution >= 4 is 40.0 Å². The fourth-order valence-electron chi connectivity index (χ4n) is 2.82. The van der Waals surface area contributed by atoms with Gasteiger partial charge in [0.1, 0.15) is 17.2 Å². The minimum absolute atomic E-state index is 0.110. The quantitative estimate of drug-likeness (QED) is 0.476. The van der Waals surface area contributed by atoms with Crippen molar-refractivity contribution in [1.29, 1.82) is 0 Å². The van der Waals surface area contributed by atoms with Gasteiger partial charge in [0.05, 0.1) is 12.4 Å². The van der Waals surface area contributed by atoms with Crippen molar-refractivity contribution in [3.05, 3.63) is 35.4 Å². The van der Waals surface area contributed by atoms with Crippen molar-refractivity contribution in [2.24, 2.45) is 0 Å². The number of ether oxygens (including phenoxy) is 1. The molecule has 0 aliphatic carbocycles. The first kappa shape index (κ1) is 22.4. The number of hydrogen-bond donors (Lipinski definition) is 1. The molecule has 162 valence electrons. The summed E-state index contributed by atoms with van der Waals surface area (Å²) in [6, 6.07) is 3.38. The Hall–Kier alpha value is -2.31. The van der Waals surface area contributed by atoms with Crippen LogP contribution >= 0.6 is 23.1 Å². The zero-order valence-electron chi connectivity index (χ0n) is 16.3. The third-order valence-corrected chi connectivity index (χ3v) is 6.48. The monoisotopic (exact) mass is 457 g/mol. The topological polar surface area (TPSA) is 87.7 Å².